The molecule has 2 N–H and O–H groups in total. The second-order valence-electron chi connectivity index (χ2n) is 3.70. The lowest BCUT2D eigenvalue weighted by Crippen LogP contribution is -2.40. The van der Waals surface area contributed by atoms with Crippen LogP contribution in [0.1, 0.15) is 11.6 Å². The minimum Gasteiger partial charge on any atom is -0.386 e. The maximum atomic E-state index is 12.7. The summed E-state index contributed by atoms with van der Waals surface area (Å²) in [5, 5.41) is 10.7. The zero-order valence-corrected chi connectivity index (χ0v) is 9.16. The van der Waals surface area contributed by atoms with Crippen LogP contribution in [0, 0.1) is 0 Å². The Balaban J connectivity index is 2.76. The molecule has 1 aromatic carbocycles. The predicted molar refractivity (Wildman–Crippen MR) is 55.3 cm³/mol. The van der Waals surface area contributed by atoms with Gasteiger partial charge in [-0.15, -0.1) is 0 Å². The molecule has 0 aliphatic carbocycles. The minimum atomic E-state index is -4.62. The van der Waals surface area contributed by atoms with Crippen molar-refractivity contribution in [2.75, 3.05) is 6.54 Å². The van der Waals surface area contributed by atoms with Crippen molar-refractivity contribution in [3.05, 3.63) is 35.9 Å². The van der Waals surface area contributed by atoms with E-state index >= 15 is 0 Å². The molecule has 2 nitrogen and oxygen atoms in total. The van der Waals surface area contributed by atoms with Gasteiger partial charge in [-0.2, -0.15) is 13.2 Å². The largest absolute Gasteiger partial charge is 0.407 e. The third kappa shape index (κ3) is 4.23. The van der Waals surface area contributed by atoms with Crippen molar-refractivity contribution in [2.24, 2.45) is 0 Å². The standard InChI is InChI=1S/C11H12F5NO/c12-10(13)8(18)6-17-9(11(14,15)16)7-4-2-1-3-5-7/h1-5,8-10,17-18H,6H2. The van der Waals surface area contributed by atoms with E-state index < -0.39 is 31.3 Å². The first-order valence-corrected chi connectivity index (χ1v) is 5.13. The van der Waals surface area contributed by atoms with E-state index in [2.05, 4.69) is 0 Å². The third-order valence-corrected chi connectivity index (χ3v) is 2.28. The number of halogens is 5. The van der Waals surface area contributed by atoms with Crippen LogP contribution < -0.4 is 5.32 Å². The van der Waals surface area contributed by atoms with Gasteiger partial charge in [-0.05, 0) is 5.56 Å². The predicted octanol–water partition coefficient (Wildman–Crippen LogP) is 2.51. The number of alkyl halides is 5. The molecule has 18 heavy (non-hydrogen) atoms. The summed E-state index contributed by atoms with van der Waals surface area (Å²) in [7, 11) is 0. The number of rotatable bonds is 5. The molecule has 2 unspecified atom stereocenters. The molecule has 0 aliphatic heterocycles. The Morgan fingerprint density at radius 2 is 1.67 bits per heavy atom. The molecule has 0 aromatic heterocycles. The highest BCUT2D eigenvalue weighted by Crippen LogP contribution is 2.32. The van der Waals surface area contributed by atoms with Gasteiger partial charge in [0.1, 0.15) is 12.1 Å². The van der Waals surface area contributed by atoms with E-state index in [9.17, 15) is 22.0 Å². The van der Waals surface area contributed by atoms with Gasteiger partial charge in [0.05, 0.1) is 0 Å². The molecule has 0 amide bonds. The zero-order valence-electron chi connectivity index (χ0n) is 9.16. The molecule has 0 fully saturated rings. The lowest BCUT2D eigenvalue weighted by molar-refractivity contribution is -0.159. The number of hydrogen-bond donors (Lipinski definition) is 2. The van der Waals surface area contributed by atoms with Crippen LogP contribution in [0.25, 0.3) is 0 Å². The molecule has 1 rings (SSSR count). The van der Waals surface area contributed by atoms with E-state index in [1.807, 2.05) is 5.32 Å². The Kier molecular flexibility index (Phi) is 5.03. The fourth-order valence-electron chi connectivity index (χ4n) is 1.40. The summed E-state index contributed by atoms with van der Waals surface area (Å²) < 4.78 is 62.2. The molecule has 102 valence electrons. The molecule has 2 atom stereocenters. The topological polar surface area (TPSA) is 32.3 Å². The molecular weight excluding hydrogens is 257 g/mol. The van der Waals surface area contributed by atoms with Crippen molar-refractivity contribution >= 4 is 0 Å². The number of aliphatic hydroxyl groups excluding tert-OH is 1. The van der Waals surface area contributed by atoms with E-state index in [1.54, 1.807) is 6.07 Å². The molecule has 0 saturated heterocycles. The summed E-state index contributed by atoms with van der Waals surface area (Å²) in [6.45, 7) is -0.837. The molecule has 7 heteroatoms. The Hall–Kier alpha value is -1.21. The zero-order chi connectivity index (χ0) is 13.8. The average molecular weight is 269 g/mol. The summed E-state index contributed by atoms with van der Waals surface area (Å²) in [6, 6.07) is 4.77. The van der Waals surface area contributed by atoms with Crippen LogP contribution in [0.2, 0.25) is 0 Å². The average Bonchev–Trinajstić information content (AvgIpc) is 2.28. The van der Waals surface area contributed by atoms with Gasteiger partial charge in [-0.1, -0.05) is 30.3 Å². The lowest BCUT2D eigenvalue weighted by atomic mass is 10.1. The number of nitrogens with one attached hydrogen (secondary N) is 1. The summed E-state index contributed by atoms with van der Waals surface area (Å²) in [5.74, 6) is 0. The molecule has 0 heterocycles. The van der Waals surface area contributed by atoms with Gasteiger partial charge in [-0.3, -0.25) is 5.32 Å². The number of hydrogen-bond acceptors (Lipinski definition) is 2. The normalized spacial score (nSPS) is 15.7. The molecule has 0 aliphatic rings. The van der Waals surface area contributed by atoms with Crippen molar-refractivity contribution < 1.29 is 27.1 Å². The van der Waals surface area contributed by atoms with Crippen LogP contribution in [0.15, 0.2) is 30.3 Å². The van der Waals surface area contributed by atoms with Gasteiger partial charge in [0, 0.05) is 6.54 Å². The minimum absolute atomic E-state index is 0.0912. The van der Waals surface area contributed by atoms with E-state index in [-0.39, 0.29) is 5.56 Å². The fraction of sp³-hybridized carbons (Fsp3) is 0.455. The quantitative estimate of drug-likeness (QED) is 0.805. The molecular formula is C11H12F5NO. The van der Waals surface area contributed by atoms with Crippen LogP contribution in [-0.4, -0.2) is 30.4 Å². The highest BCUT2D eigenvalue weighted by molar-refractivity contribution is 5.20. The van der Waals surface area contributed by atoms with Gasteiger partial charge in [0.15, 0.2) is 0 Å². The van der Waals surface area contributed by atoms with Crippen molar-refractivity contribution in [3.8, 4) is 0 Å². The van der Waals surface area contributed by atoms with Crippen LogP contribution in [-0.2, 0) is 0 Å². The van der Waals surface area contributed by atoms with Crippen LogP contribution in [0.4, 0.5) is 22.0 Å². The maximum absolute atomic E-state index is 12.7. The van der Waals surface area contributed by atoms with E-state index in [1.165, 1.54) is 24.3 Å². The van der Waals surface area contributed by atoms with Crippen LogP contribution in [0.5, 0.6) is 0 Å². The smallest absolute Gasteiger partial charge is 0.386 e. The summed E-state index contributed by atoms with van der Waals surface area (Å²) >= 11 is 0. The number of aliphatic hydroxyl groups is 1. The Morgan fingerprint density at radius 1 is 1.11 bits per heavy atom. The van der Waals surface area contributed by atoms with Crippen LogP contribution >= 0.6 is 0 Å². The van der Waals surface area contributed by atoms with Gasteiger partial charge in [0.25, 0.3) is 6.43 Å². The van der Waals surface area contributed by atoms with Gasteiger partial charge < -0.3 is 5.11 Å². The fourth-order valence-corrected chi connectivity index (χ4v) is 1.40. The van der Waals surface area contributed by atoms with E-state index in [0.717, 1.165) is 0 Å². The summed E-state index contributed by atoms with van der Waals surface area (Å²) in [5.41, 5.74) is -0.0912. The molecule has 0 spiro atoms. The highest BCUT2D eigenvalue weighted by Gasteiger charge is 2.40. The van der Waals surface area contributed by atoms with Gasteiger partial charge in [-0.25, -0.2) is 8.78 Å². The highest BCUT2D eigenvalue weighted by atomic mass is 19.4. The lowest BCUT2D eigenvalue weighted by Gasteiger charge is -2.23. The second kappa shape index (κ2) is 6.10. The monoisotopic (exact) mass is 269 g/mol. The SMILES string of the molecule is OC(CNC(c1ccccc1)C(F)(F)F)C(F)F. The van der Waals surface area contributed by atoms with E-state index in [4.69, 9.17) is 5.11 Å². The molecule has 0 bridgehead atoms. The van der Waals surface area contributed by atoms with E-state index in [0.29, 0.717) is 0 Å². The van der Waals surface area contributed by atoms with Crippen molar-refractivity contribution in [2.45, 2.75) is 24.7 Å². The summed E-state index contributed by atoms with van der Waals surface area (Å²) in [4.78, 5) is 0. The van der Waals surface area contributed by atoms with Gasteiger partial charge >= 0.3 is 6.18 Å². The van der Waals surface area contributed by atoms with Crippen molar-refractivity contribution in [3.63, 3.8) is 0 Å². The van der Waals surface area contributed by atoms with Crippen molar-refractivity contribution in [1.29, 1.82) is 0 Å². The first-order valence-electron chi connectivity index (χ1n) is 5.13. The first-order chi connectivity index (χ1) is 8.32. The maximum Gasteiger partial charge on any atom is 0.407 e. The Bertz CT molecular complexity index is 354. The van der Waals surface area contributed by atoms with Gasteiger partial charge in [0.2, 0.25) is 0 Å². The third-order valence-electron chi connectivity index (χ3n) is 2.28. The second-order valence-corrected chi connectivity index (χ2v) is 3.70. The summed E-state index contributed by atoms with van der Waals surface area (Å²) in [6.07, 6.45) is -9.83. The Morgan fingerprint density at radius 3 is 2.11 bits per heavy atom. The first kappa shape index (κ1) is 14.8. The molecule has 0 saturated carbocycles. The molecule has 1 aromatic rings. The van der Waals surface area contributed by atoms with Crippen molar-refractivity contribution in [1.82, 2.24) is 5.32 Å². The number of benzene rings is 1. The molecule has 0 radical (unpaired) electrons. The Labute approximate surface area is 100 Å². The van der Waals surface area contributed by atoms with Crippen LogP contribution in [0.3, 0.4) is 0 Å².